The van der Waals surface area contributed by atoms with Crippen LogP contribution in [-0.4, -0.2) is 76.1 Å². The minimum atomic E-state index is -0.545. The Morgan fingerprint density at radius 1 is 1.19 bits per heavy atom. The maximum absolute atomic E-state index is 13.1. The summed E-state index contributed by atoms with van der Waals surface area (Å²) in [5, 5.41) is 19.6. The third-order valence-electron chi connectivity index (χ3n) is 8.19. The van der Waals surface area contributed by atoms with Crippen LogP contribution in [0.1, 0.15) is 38.8 Å². The first-order chi connectivity index (χ1) is 20.2. The number of urea groups is 1. The standard InChI is InChI=1S/C32H41N7O3/c1-21(2)35-31(42)39-14-12-38(13-15-39)25-16-22(3)32(4)27(18-25)36-29(37-32)28-26(10-11-33-30(28)41)34-19-24(20-40)17-23-8-6-5-7-9-23/h5-11,16,18-19,21-22,40H,12-15,17,20H2,1-4H3,(H,35,42)(H,36,37)(H2,33,34,41). The van der Waals surface area contributed by atoms with Crippen molar-refractivity contribution in [1.82, 2.24) is 25.4 Å². The highest BCUT2D eigenvalue weighted by Gasteiger charge is 2.43. The number of pyridine rings is 1. The topological polar surface area (TPSA) is 125 Å². The van der Waals surface area contributed by atoms with Crippen molar-refractivity contribution in [2.45, 2.75) is 45.7 Å². The van der Waals surface area contributed by atoms with Gasteiger partial charge in [-0.3, -0.25) is 9.79 Å². The molecule has 1 aromatic heterocycles. The molecule has 1 aromatic carbocycles. The SMILES string of the molecule is CC(C)NC(=O)N1CCN(C2=CC(C)C3(C)N=C(c4c(NC=C(CO)Cc5ccccc5)cc[nH]c4=O)NC3=C2)CC1. The first kappa shape index (κ1) is 29.2. The molecule has 42 heavy (non-hydrogen) atoms. The van der Waals surface area contributed by atoms with Crippen LogP contribution < -0.4 is 21.5 Å². The molecular formula is C32H41N7O3. The molecule has 3 heterocycles. The van der Waals surface area contributed by atoms with Crippen molar-refractivity contribution in [3.05, 3.63) is 99.4 Å². The normalized spacial score (nSPS) is 22.2. The number of aromatic amines is 1. The van der Waals surface area contributed by atoms with Crippen molar-refractivity contribution in [2.75, 3.05) is 38.1 Å². The Hall–Kier alpha value is -4.31. The number of nitrogens with zero attached hydrogens (tertiary/aromatic N) is 3. The highest BCUT2D eigenvalue weighted by Crippen LogP contribution is 2.40. The lowest BCUT2D eigenvalue weighted by Crippen LogP contribution is -2.52. The number of amides is 2. The number of fused-ring (bicyclic) bond motifs is 1. The number of carbonyl (C=O) groups excluding carboxylic acids is 1. The van der Waals surface area contributed by atoms with Crippen molar-refractivity contribution in [3.8, 4) is 0 Å². The maximum Gasteiger partial charge on any atom is 0.317 e. The highest BCUT2D eigenvalue weighted by atomic mass is 16.3. The number of allylic oxidation sites excluding steroid dienone is 1. The molecule has 0 bridgehead atoms. The fourth-order valence-corrected chi connectivity index (χ4v) is 5.56. The van der Waals surface area contributed by atoms with Crippen LogP contribution in [0.15, 0.2) is 87.7 Å². The first-order valence-corrected chi connectivity index (χ1v) is 14.6. The third kappa shape index (κ3) is 6.13. The van der Waals surface area contributed by atoms with E-state index < -0.39 is 5.54 Å². The number of aromatic nitrogens is 1. The molecule has 1 fully saturated rings. The van der Waals surface area contributed by atoms with Crippen LogP contribution in [0, 0.1) is 5.92 Å². The van der Waals surface area contributed by atoms with Crippen molar-refractivity contribution < 1.29 is 9.90 Å². The van der Waals surface area contributed by atoms with Gasteiger partial charge in [-0.2, -0.15) is 0 Å². The number of amidine groups is 1. The molecule has 0 spiro atoms. The van der Waals surface area contributed by atoms with Crippen LogP contribution in [0.5, 0.6) is 0 Å². The molecule has 5 N–H and O–H groups in total. The Balaban J connectivity index is 1.33. The predicted octanol–water partition coefficient (Wildman–Crippen LogP) is 3.17. The fourth-order valence-electron chi connectivity index (χ4n) is 5.56. The van der Waals surface area contributed by atoms with Crippen molar-refractivity contribution in [2.24, 2.45) is 10.9 Å². The molecule has 2 aromatic rings. The number of H-pyrrole nitrogens is 1. The lowest BCUT2D eigenvalue weighted by Gasteiger charge is -2.40. The number of benzene rings is 1. The van der Waals surface area contributed by atoms with E-state index in [2.05, 4.69) is 51.8 Å². The number of anilines is 1. The van der Waals surface area contributed by atoms with Gasteiger partial charge >= 0.3 is 6.03 Å². The van der Waals surface area contributed by atoms with Crippen LogP contribution in [0.25, 0.3) is 0 Å². The summed E-state index contributed by atoms with van der Waals surface area (Å²) in [6.45, 7) is 10.8. The van der Waals surface area contributed by atoms with E-state index in [1.54, 1.807) is 18.5 Å². The van der Waals surface area contributed by atoms with E-state index in [4.69, 9.17) is 4.99 Å². The Labute approximate surface area is 246 Å². The van der Waals surface area contributed by atoms with Crippen LogP contribution >= 0.6 is 0 Å². The lowest BCUT2D eigenvalue weighted by atomic mass is 9.80. The quantitative estimate of drug-likeness (QED) is 0.332. The van der Waals surface area contributed by atoms with Crippen molar-refractivity contribution in [3.63, 3.8) is 0 Å². The predicted molar refractivity (Wildman–Crippen MR) is 166 cm³/mol. The molecule has 2 aliphatic heterocycles. The van der Waals surface area contributed by atoms with E-state index in [0.717, 1.165) is 35.6 Å². The van der Waals surface area contributed by atoms with Crippen LogP contribution in [0.3, 0.4) is 0 Å². The zero-order valence-electron chi connectivity index (χ0n) is 24.8. The average molecular weight is 572 g/mol. The third-order valence-corrected chi connectivity index (χ3v) is 8.19. The minimum Gasteiger partial charge on any atom is -0.392 e. The molecule has 2 amide bonds. The number of aliphatic hydroxyl groups is 1. The van der Waals surface area contributed by atoms with E-state index in [1.807, 2.05) is 49.1 Å². The Morgan fingerprint density at radius 3 is 2.62 bits per heavy atom. The molecule has 2 unspecified atom stereocenters. The number of nitrogens with one attached hydrogen (secondary N) is 4. The first-order valence-electron chi connectivity index (χ1n) is 14.6. The van der Waals surface area contributed by atoms with Gasteiger partial charge in [0.05, 0.1) is 12.3 Å². The summed E-state index contributed by atoms with van der Waals surface area (Å²) in [7, 11) is 0. The monoisotopic (exact) mass is 571 g/mol. The van der Waals surface area contributed by atoms with Gasteiger partial charge in [0.1, 0.15) is 16.9 Å². The number of hydrogen-bond acceptors (Lipinski definition) is 7. The fraction of sp³-hybridized carbons (Fsp3) is 0.406. The molecule has 222 valence electrons. The average Bonchev–Trinajstić information content (AvgIpc) is 3.32. The van der Waals surface area contributed by atoms with E-state index >= 15 is 0 Å². The minimum absolute atomic E-state index is 0.0180. The number of carbonyl (C=O) groups is 1. The molecular weight excluding hydrogens is 530 g/mol. The Kier molecular flexibility index (Phi) is 8.54. The van der Waals surface area contributed by atoms with Gasteiger partial charge in [-0.05, 0) is 50.5 Å². The highest BCUT2D eigenvalue weighted by molar-refractivity contribution is 6.06. The summed E-state index contributed by atoms with van der Waals surface area (Å²) in [5.41, 5.74) is 4.14. The van der Waals surface area contributed by atoms with Crippen LogP contribution in [0.4, 0.5) is 10.5 Å². The summed E-state index contributed by atoms with van der Waals surface area (Å²) < 4.78 is 0. The molecule has 0 saturated carbocycles. The molecule has 0 radical (unpaired) electrons. The number of aliphatic imine (C=N–C) groups is 1. The van der Waals surface area contributed by atoms with Gasteiger partial charge < -0.3 is 35.8 Å². The molecule has 1 aliphatic carbocycles. The van der Waals surface area contributed by atoms with Crippen LogP contribution in [-0.2, 0) is 6.42 Å². The smallest absolute Gasteiger partial charge is 0.317 e. The van der Waals surface area contributed by atoms with Gasteiger partial charge in [0.25, 0.3) is 5.56 Å². The van der Waals surface area contributed by atoms with Gasteiger partial charge in [0.2, 0.25) is 0 Å². The van der Waals surface area contributed by atoms with E-state index in [1.165, 1.54) is 0 Å². The molecule has 10 heteroatoms. The lowest BCUT2D eigenvalue weighted by molar-refractivity contribution is 0.156. The molecule has 5 rings (SSSR count). The summed E-state index contributed by atoms with van der Waals surface area (Å²) in [6, 6.07) is 11.8. The van der Waals surface area contributed by atoms with E-state index in [-0.39, 0.29) is 30.2 Å². The Morgan fingerprint density at radius 2 is 1.93 bits per heavy atom. The second-order valence-electron chi connectivity index (χ2n) is 11.6. The summed E-state index contributed by atoms with van der Waals surface area (Å²) >= 11 is 0. The Bertz CT molecular complexity index is 1480. The van der Waals surface area contributed by atoms with Gasteiger partial charge in [-0.25, -0.2) is 4.79 Å². The molecule has 1 saturated heterocycles. The van der Waals surface area contributed by atoms with Crippen molar-refractivity contribution >= 4 is 17.6 Å². The van der Waals surface area contributed by atoms with Gasteiger partial charge in [0, 0.05) is 61.9 Å². The molecule has 10 nitrogen and oxygen atoms in total. The summed E-state index contributed by atoms with van der Waals surface area (Å²) in [6.07, 6.45) is 8.31. The van der Waals surface area contributed by atoms with Crippen LogP contribution in [0.2, 0.25) is 0 Å². The number of rotatable bonds is 8. The maximum atomic E-state index is 13.1. The van der Waals surface area contributed by atoms with E-state index in [0.29, 0.717) is 36.6 Å². The van der Waals surface area contributed by atoms with E-state index in [9.17, 15) is 14.7 Å². The van der Waals surface area contributed by atoms with Gasteiger partial charge in [0.15, 0.2) is 0 Å². The second-order valence-corrected chi connectivity index (χ2v) is 11.6. The number of hydrogen-bond donors (Lipinski definition) is 5. The number of aliphatic hydroxyl groups excluding tert-OH is 1. The van der Waals surface area contributed by atoms with Gasteiger partial charge in [-0.15, -0.1) is 0 Å². The van der Waals surface area contributed by atoms with Gasteiger partial charge in [-0.1, -0.05) is 43.3 Å². The second kappa shape index (κ2) is 12.3. The molecule has 3 aliphatic rings. The molecule has 2 atom stereocenters. The zero-order valence-corrected chi connectivity index (χ0v) is 24.8. The summed E-state index contributed by atoms with van der Waals surface area (Å²) in [5.74, 6) is 0.581. The number of piperazine rings is 1. The van der Waals surface area contributed by atoms with Crippen molar-refractivity contribution in [1.29, 1.82) is 0 Å². The summed E-state index contributed by atoms with van der Waals surface area (Å²) in [4.78, 5) is 37.6. The largest absolute Gasteiger partial charge is 0.392 e. The zero-order chi connectivity index (χ0) is 29.9.